The molecule has 0 radical (unpaired) electrons. The molecule has 1 aliphatic carbocycles. The van der Waals surface area contributed by atoms with Crippen molar-refractivity contribution in [1.29, 1.82) is 0 Å². The number of rotatable bonds is 5. The van der Waals surface area contributed by atoms with E-state index in [0.717, 1.165) is 6.42 Å². The average Bonchev–Trinajstić information content (AvgIpc) is 2.61. The Hall–Kier alpha value is -0.830. The zero-order valence-corrected chi connectivity index (χ0v) is 10.3. The molecule has 0 amide bonds. The SMILES string of the molecule is C=C(CCl)CC1(C(=O)OCC)CCCC1=O. The normalized spacial score (nSPS) is 24.5. The summed E-state index contributed by atoms with van der Waals surface area (Å²) in [4.78, 5) is 23.8. The van der Waals surface area contributed by atoms with Crippen LogP contribution in [0.3, 0.4) is 0 Å². The Morgan fingerprint density at radius 1 is 1.62 bits per heavy atom. The first-order chi connectivity index (χ1) is 7.56. The van der Waals surface area contributed by atoms with Crippen LogP contribution >= 0.6 is 11.6 Å². The lowest BCUT2D eigenvalue weighted by atomic mass is 9.79. The molecule has 16 heavy (non-hydrogen) atoms. The quantitative estimate of drug-likeness (QED) is 0.323. The van der Waals surface area contributed by atoms with Gasteiger partial charge in [0.05, 0.1) is 6.61 Å². The first-order valence-electron chi connectivity index (χ1n) is 5.50. The van der Waals surface area contributed by atoms with Gasteiger partial charge in [-0.05, 0) is 26.2 Å². The van der Waals surface area contributed by atoms with Gasteiger partial charge in [0.15, 0.2) is 5.78 Å². The summed E-state index contributed by atoms with van der Waals surface area (Å²) in [6.45, 7) is 5.80. The Morgan fingerprint density at radius 3 is 2.75 bits per heavy atom. The number of hydrogen-bond acceptors (Lipinski definition) is 3. The Labute approximate surface area is 101 Å². The molecule has 1 saturated carbocycles. The van der Waals surface area contributed by atoms with Crippen LogP contribution < -0.4 is 0 Å². The highest BCUT2D eigenvalue weighted by atomic mass is 35.5. The van der Waals surface area contributed by atoms with Gasteiger partial charge in [0.1, 0.15) is 5.41 Å². The van der Waals surface area contributed by atoms with E-state index in [1.165, 1.54) is 0 Å². The maximum Gasteiger partial charge on any atom is 0.319 e. The number of carbonyl (C=O) groups excluding carboxylic acids is 2. The maximum absolute atomic E-state index is 11.9. The van der Waals surface area contributed by atoms with Gasteiger partial charge in [-0.3, -0.25) is 9.59 Å². The van der Waals surface area contributed by atoms with Gasteiger partial charge in [0.25, 0.3) is 0 Å². The van der Waals surface area contributed by atoms with Gasteiger partial charge in [0.2, 0.25) is 0 Å². The van der Waals surface area contributed by atoms with Crippen molar-refractivity contribution in [2.45, 2.75) is 32.6 Å². The third kappa shape index (κ3) is 2.46. The second kappa shape index (κ2) is 5.48. The highest BCUT2D eigenvalue weighted by Gasteiger charge is 2.49. The van der Waals surface area contributed by atoms with Gasteiger partial charge in [0, 0.05) is 12.3 Å². The summed E-state index contributed by atoms with van der Waals surface area (Å²) in [6.07, 6.45) is 2.08. The molecule has 1 aliphatic rings. The van der Waals surface area contributed by atoms with Crippen LogP contribution in [0.25, 0.3) is 0 Å². The van der Waals surface area contributed by atoms with E-state index < -0.39 is 11.4 Å². The van der Waals surface area contributed by atoms with Gasteiger partial charge < -0.3 is 4.74 Å². The monoisotopic (exact) mass is 244 g/mol. The van der Waals surface area contributed by atoms with Crippen molar-refractivity contribution in [3.63, 3.8) is 0 Å². The second-order valence-corrected chi connectivity index (χ2v) is 4.41. The number of allylic oxidation sites excluding steroid dienone is 1. The summed E-state index contributed by atoms with van der Waals surface area (Å²) < 4.78 is 5.00. The highest BCUT2D eigenvalue weighted by Crippen LogP contribution is 2.41. The first-order valence-corrected chi connectivity index (χ1v) is 6.03. The standard InChI is InChI=1S/C12H17ClO3/c1-3-16-11(15)12(7-9(2)8-13)6-4-5-10(12)14/h2-8H2,1H3. The molecule has 1 unspecified atom stereocenters. The molecular weight excluding hydrogens is 228 g/mol. The summed E-state index contributed by atoms with van der Waals surface area (Å²) in [5, 5.41) is 0. The fourth-order valence-corrected chi connectivity index (χ4v) is 2.24. The third-order valence-corrected chi connectivity index (χ3v) is 3.33. The molecule has 4 heteroatoms. The van der Waals surface area contributed by atoms with E-state index in [1.807, 2.05) is 0 Å². The number of ketones is 1. The Bertz CT molecular complexity index is 311. The Kier molecular flexibility index (Phi) is 4.54. The summed E-state index contributed by atoms with van der Waals surface area (Å²) in [5.74, 6) is -0.171. The van der Waals surface area contributed by atoms with E-state index in [9.17, 15) is 9.59 Å². The molecule has 0 N–H and O–H groups in total. The molecule has 0 aromatic carbocycles. The van der Waals surface area contributed by atoms with Gasteiger partial charge >= 0.3 is 5.97 Å². The lowest BCUT2D eigenvalue weighted by molar-refractivity contribution is -0.158. The molecule has 0 saturated heterocycles. The predicted octanol–water partition coefficient (Wildman–Crippen LogP) is 2.47. The van der Waals surface area contributed by atoms with E-state index in [4.69, 9.17) is 16.3 Å². The van der Waals surface area contributed by atoms with Crippen molar-refractivity contribution in [2.24, 2.45) is 5.41 Å². The number of carbonyl (C=O) groups is 2. The van der Waals surface area contributed by atoms with E-state index in [1.54, 1.807) is 6.92 Å². The van der Waals surface area contributed by atoms with Crippen LogP contribution in [0.1, 0.15) is 32.6 Å². The topological polar surface area (TPSA) is 43.4 Å². The molecule has 0 heterocycles. The molecular formula is C12H17ClO3. The lowest BCUT2D eigenvalue weighted by Crippen LogP contribution is -2.37. The van der Waals surface area contributed by atoms with Gasteiger partial charge in [-0.25, -0.2) is 0 Å². The summed E-state index contributed by atoms with van der Waals surface area (Å²) in [5.41, 5.74) is -0.285. The largest absolute Gasteiger partial charge is 0.465 e. The molecule has 1 atom stereocenters. The smallest absolute Gasteiger partial charge is 0.319 e. The number of hydrogen-bond donors (Lipinski definition) is 0. The van der Waals surface area contributed by atoms with Gasteiger partial charge in [-0.2, -0.15) is 0 Å². The number of halogens is 1. The van der Waals surface area contributed by atoms with Crippen molar-refractivity contribution in [3.8, 4) is 0 Å². The van der Waals surface area contributed by atoms with Crippen molar-refractivity contribution in [1.82, 2.24) is 0 Å². The minimum absolute atomic E-state index is 0.0304. The second-order valence-electron chi connectivity index (χ2n) is 4.14. The van der Waals surface area contributed by atoms with Crippen LogP contribution in [-0.2, 0) is 14.3 Å². The molecule has 0 spiro atoms. The molecule has 0 bridgehead atoms. The van der Waals surface area contributed by atoms with Crippen LogP contribution in [0.15, 0.2) is 12.2 Å². The molecule has 0 aliphatic heterocycles. The maximum atomic E-state index is 11.9. The molecule has 0 aromatic heterocycles. The number of Topliss-reactive ketones (excluding diaryl/α,β-unsaturated/α-hetero) is 1. The van der Waals surface area contributed by atoms with Crippen LogP contribution in [0.4, 0.5) is 0 Å². The van der Waals surface area contributed by atoms with Crippen molar-refractivity contribution in [3.05, 3.63) is 12.2 Å². The van der Waals surface area contributed by atoms with E-state index in [2.05, 4.69) is 6.58 Å². The zero-order valence-electron chi connectivity index (χ0n) is 9.55. The third-order valence-electron chi connectivity index (χ3n) is 2.95. The molecule has 1 fully saturated rings. The highest BCUT2D eigenvalue weighted by molar-refractivity contribution is 6.19. The summed E-state index contributed by atoms with van der Waals surface area (Å²) >= 11 is 5.66. The molecule has 90 valence electrons. The number of ether oxygens (including phenoxy) is 1. The molecule has 1 rings (SSSR count). The Morgan fingerprint density at radius 2 is 2.31 bits per heavy atom. The van der Waals surface area contributed by atoms with E-state index in [-0.39, 0.29) is 11.7 Å². The minimum Gasteiger partial charge on any atom is -0.465 e. The van der Waals surface area contributed by atoms with Crippen LogP contribution in [-0.4, -0.2) is 24.2 Å². The average molecular weight is 245 g/mol. The fourth-order valence-electron chi connectivity index (χ4n) is 2.15. The van der Waals surface area contributed by atoms with Gasteiger partial charge in [-0.1, -0.05) is 12.2 Å². The number of alkyl halides is 1. The van der Waals surface area contributed by atoms with Crippen molar-refractivity contribution >= 4 is 23.4 Å². The predicted molar refractivity (Wildman–Crippen MR) is 62.4 cm³/mol. The van der Waals surface area contributed by atoms with E-state index >= 15 is 0 Å². The van der Waals surface area contributed by atoms with E-state index in [0.29, 0.717) is 31.4 Å². The summed E-state index contributed by atoms with van der Waals surface area (Å²) in [6, 6.07) is 0. The zero-order chi connectivity index (χ0) is 12.2. The fraction of sp³-hybridized carbons (Fsp3) is 0.667. The minimum atomic E-state index is -0.998. The lowest BCUT2D eigenvalue weighted by Gasteiger charge is -2.25. The van der Waals surface area contributed by atoms with Gasteiger partial charge in [-0.15, -0.1) is 11.6 Å². The molecule has 0 aromatic rings. The van der Waals surface area contributed by atoms with Crippen molar-refractivity contribution < 1.29 is 14.3 Å². The first kappa shape index (κ1) is 13.2. The van der Waals surface area contributed by atoms with Crippen LogP contribution in [0.5, 0.6) is 0 Å². The van der Waals surface area contributed by atoms with Crippen LogP contribution in [0.2, 0.25) is 0 Å². The number of esters is 1. The van der Waals surface area contributed by atoms with Crippen LogP contribution in [0, 0.1) is 5.41 Å². The summed E-state index contributed by atoms with van der Waals surface area (Å²) in [7, 11) is 0. The Balaban J connectivity index is 2.88. The molecule has 3 nitrogen and oxygen atoms in total. The van der Waals surface area contributed by atoms with Crippen molar-refractivity contribution in [2.75, 3.05) is 12.5 Å².